The summed E-state index contributed by atoms with van der Waals surface area (Å²) >= 11 is 5.67. The van der Waals surface area contributed by atoms with E-state index >= 15 is 0 Å². The molecule has 0 amide bonds. The topological polar surface area (TPSA) is 35.4 Å². The standard InChI is InChI=1S/C10H19ClN2O/c1-4-10(14)12-7-5-8-13(2,3)9-6-11/h4H,1,5-9H2,2-3H3. The Hall–Kier alpha value is -0.540. The van der Waals surface area contributed by atoms with Crippen molar-refractivity contribution in [1.29, 1.82) is 0 Å². The number of halogens is 1. The molecule has 14 heavy (non-hydrogen) atoms. The molecule has 0 aromatic heterocycles. The summed E-state index contributed by atoms with van der Waals surface area (Å²) in [6.07, 6.45) is 2.14. The Morgan fingerprint density at radius 2 is 2.14 bits per heavy atom. The van der Waals surface area contributed by atoms with Crippen LogP contribution < -0.4 is 5.11 Å². The van der Waals surface area contributed by atoms with Crippen LogP contribution >= 0.6 is 11.6 Å². The van der Waals surface area contributed by atoms with Gasteiger partial charge < -0.3 is 14.6 Å². The highest BCUT2D eigenvalue weighted by Crippen LogP contribution is 2.00. The van der Waals surface area contributed by atoms with Gasteiger partial charge in [-0.1, -0.05) is 12.7 Å². The molecule has 0 saturated carbocycles. The van der Waals surface area contributed by atoms with Crippen molar-refractivity contribution in [2.45, 2.75) is 6.42 Å². The van der Waals surface area contributed by atoms with Gasteiger partial charge in [0.25, 0.3) is 0 Å². The molecule has 0 rings (SSSR count). The van der Waals surface area contributed by atoms with Crippen LogP contribution in [0.1, 0.15) is 6.42 Å². The highest BCUT2D eigenvalue weighted by molar-refractivity contribution is 6.17. The van der Waals surface area contributed by atoms with Gasteiger partial charge in [-0.2, -0.15) is 0 Å². The minimum Gasteiger partial charge on any atom is -0.859 e. The molecule has 0 spiro atoms. The lowest BCUT2D eigenvalue weighted by Crippen LogP contribution is -2.42. The molecule has 4 heteroatoms. The lowest BCUT2D eigenvalue weighted by molar-refractivity contribution is -0.888. The highest BCUT2D eigenvalue weighted by atomic mass is 35.5. The zero-order chi connectivity index (χ0) is 11.0. The molecule has 0 saturated heterocycles. The quantitative estimate of drug-likeness (QED) is 0.203. The molecule has 0 aliphatic rings. The van der Waals surface area contributed by atoms with Gasteiger partial charge in [0.2, 0.25) is 0 Å². The summed E-state index contributed by atoms with van der Waals surface area (Å²) in [6, 6.07) is 0. The third kappa shape index (κ3) is 6.92. The Morgan fingerprint density at radius 3 is 2.64 bits per heavy atom. The van der Waals surface area contributed by atoms with Crippen LogP contribution in [0.5, 0.6) is 0 Å². The zero-order valence-electron chi connectivity index (χ0n) is 9.00. The van der Waals surface area contributed by atoms with E-state index in [1.54, 1.807) is 0 Å². The predicted octanol–water partition coefficient (Wildman–Crippen LogP) is 0.636. The predicted molar refractivity (Wildman–Crippen MR) is 59.7 cm³/mol. The van der Waals surface area contributed by atoms with Gasteiger partial charge >= 0.3 is 0 Å². The molecule has 0 atom stereocenters. The lowest BCUT2D eigenvalue weighted by atomic mass is 10.3. The number of hydrogen-bond acceptors (Lipinski definition) is 2. The summed E-state index contributed by atoms with van der Waals surface area (Å²) in [7, 11) is 4.25. The number of hydrogen-bond donors (Lipinski definition) is 0. The Bertz CT molecular complexity index is 202. The second kappa shape index (κ2) is 6.85. The van der Waals surface area contributed by atoms with Crippen LogP contribution in [0.3, 0.4) is 0 Å². The van der Waals surface area contributed by atoms with Crippen molar-refractivity contribution in [2.24, 2.45) is 4.99 Å². The largest absolute Gasteiger partial charge is 0.859 e. The van der Waals surface area contributed by atoms with Crippen molar-refractivity contribution in [3.05, 3.63) is 12.7 Å². The molecular formula is C10H19ClN2O. The van der Waals surface area contributed by atoms with Gasteiger partial charge in [0, 0.05) is 13.0 Å². The zero-order valence-corrected chi connectivity index (χ0v) is 9.76. The fraction of sp³-hybridized carbons (Fsp3) is 0.700. The van der Waals surface area contributed by atoms with Crippen molar-refractivity contribution >= 4 is 17.5 Å². The minimum atomic E-state index is -0.229. The van der Waals surface area contributed by atoms with Gasteiger partial charge in [0.15, 0.2) is 0 Å². The Balaban J connectivity index is 3.68. The maximum absolute atomic E-state index is 10.8. The summed E-state index contributed by atoms with van der Waals surface area (Å²) in [4.78, 5) is 3.81. The average molecular weight is 219 g/mol. The summed E-state index contributed by atoms with van der Waals surface area (Å²) < 4.78 is 0.876. The van der Waals surface area contributed by atoms with E-state index in [9.17, 15) is 5.11 Å². The Morgan fingerprint density at radius 1 is 1.50 bits per heavy atom. The smallest absolute Gasteiger partial charge is 0.0920 e. The van der Waals surface area contributed by atoms with Crippen molar-refractivity contribution in [3.63, 3.8) is 0 Å². The molecule has 0 radical (unpaired) electrons. The number of aliphatic imine (C=N–C) groups is 1. The van der Waals surface area contributed by atoms with Crippen molar-refractivity contribution in [3.8, 4) is 0 Å². The Labute approximate surface area is 91.3 Å². The number of quaternary nitrogens is 1. The first-order valence-electron chi connectivity index (χ1n) is 4.74. The van der Waals surface area contributed by atoms with E-state index in [1.807, 2.05) is 0 Å². The van der Waals surface area contributed by atoms with Gasteiger partial charge in [-0.3, -0.25) is 0 Å². The van der Waals surface area contributed by atoms with E-state index in [1.165, 1.54) is 6.08 Å². The van der Waals surface area contributed by atoms with Gasteiger partial charge in [0.1, 0.15) is 0 Å². The van der Waals surface area contributed by atoms with E-state index in [0.717, 1.165) is 24.0 Å². The molecular weight excluding hydrogens is 200 g/mol. The SMILES string of the molecule is C=CC([O-])=NCCC[N+](C)(C)CCCl. The normalized spacial score (nSPS) is 12.9. The van der Waals surface area contributed by atoms with Crippen LogP contribution in [0.4, 0.5) is 0 Å². The van der Waals surface area contributed by atoms with Gasteiger partial charge in [-0.15, -0.1) is 11.6 Å². The van der Waals surface area contributed by atoms with E-state index < -0.39 is 0 Å². The van der Waals surface area contributed by atoms with E-state index in [2.05, 4.69) is 25.7 Å². The highest BCUT2D eigenvalue weighted by Gasteiger charge is 2.12. The molecule has 0 aliphatic carbocycles. The molecule has 0 unspecified atom stereocenters. The number of nitrogens with zero attached hydrogens (tertiary/aromatic N) is 2. The van der Waals surface area contributed by atoms with Crippen LogP contribution in [-0.2, 0) is 0 Å². The second-order valence-corrected chi connectivity index (χ2v) is 4.23. The summed E-state index contributed by atoms with van der Waals surface area (Å²) in [5.74, 6) is 0.433. The van der Waals surface area contributed by atoms with Crippen molar-refractivity contribution in [2.75, 3.05) is 39.6 Å². The molecule has 0 aromatic rings. The van der Waals surface area contributed by atoms with Crippen LogP contribution in [0.2, 0.25) is 0 Å². The minimum absolute atomic E-state index is 0.229. The van der Waals surface area contributed by atoms with Crippen LogP contribution in [0.15, 0.2) is 17.6 Å². The first-order valence-corrected chi connectivity index (χ1v) is 5.27. The molecule has 3 nitrogen and oxygen atoms in total. The molecule has 0 heterocycles. The third-order valence-corrected chi connectivity index (χ3v) is 2.22. The maximum Gasteiger partial charge on any atom is 0.0920 e. The first-order chi connectivity index (χ1) is 6.52. The molecule has 82 valence electrons. The second-order valence-electron chi connectivity index (χ2n) is 3.85. The summed E-state index contributed by atoms with van der Waals surface area (Å²) in [5.41, 5.74) is 0. The van der Waals surface area contributed by atoms with Gasteiger partial charge in [-0.05, 0) is 5.90 Å². The number of rotatable bonds is 7. The third-order valence-electron chi connectivity index (χ3n) is 2.05. The molecule has 0 aliphatic heterocycles. The molecule has 0 fully saturated rings. The average Bonchev–Trinajstić information content (AvgIpc) is 2.12. The van der Waals surface area contributed by atoms with E-state index in [4.69, 9.17) is 11.6 Å². The van der Waals surface area contributed by atoms with Crippen molar-refractivity contribution in [1.82, 2.24) is 0 Å². The van der Waals surface area contributed by atoms with Crippen molar-refractivity contribution < 1.29 is 9.59 Å². The van der Waals surface area contributed by atoms with Crippen LogP contribution in [-0.4, -0.2) is 50.0 Å². The fourth-order valence-electron chi connectivity index (χ4n) is 1.09. The van der Waals surface area contributed by atoms with Gasteiger partial charge in [-0.25, -0.2) is 0 Å². The monoisotopic (exact) mass is 218 g/mol. The van der Waals surface area contributed by atoms with Crippen LogP contribution in [0.25, 0.3) is 0 Å². The fourth-order valence-corrected chi connectivity index (χ4v) is 1.55. The lowest BCUT2D eigenvalue weighted by Gasteiger charge is -2.28. The number of alkyl halides is 1. The van der Waals surface area contributed by atoms with Gasteiger partial charge in [0.05, 0.1) is 33.1 Å². The Kier molecular flexibility index (Phi) is 6.58. The first kappa shape index (κ1) is 13.5. The molecule has 0 aromatic carbocycles. The van der Waals surface area contributed by atoms with E-state index in [0.29, 0.717) is 12.4 Å². The maximum atomic E-state index is 10.8. The molecule has 0 N–H and O–H groups in total. The van der Waals surface area contributed by atoms with Crippen LogP contribution in [0, 0.1) is 0 Å². The summed E-state index contributed by atoms with van der Waals surface area (Å²) in [5, 5.41) is 10.8. The molecule has 0 bridgehead atoms. The van der Waals surface area contributed by atoms with E-state index in [-0.39, 0.29) is 5.90 Å². The summed E-state index contributed by atoms with van der Waals surface area (Å²) in [6.45, 7) is 5.86.